The minimum atomic E-state index is -0.126. The molecule has 0 saturated carbocycles. The van der Waals surface area contributed by atoms with Crippen molar-refractivity contribution in [3.05, 3.63) is 35.4 Å². The van der Waals surface area contributed by atoms with E-state index in [9.17, 15) is 4.79 Å². The van der Waals surface area contributed by atoms with Gasteiger partial charge in [-0.05, 0) is 32.5 Å². The summed E-state index contributed by atoms with van der Waals surface area (Å²) in [5, 5.41) is 14.4. The number of carbonyl (C=O) groups is 1. The van der Waals surface area contributed by atoms with Crippen LogP contribution in [-0.4, -0.2) is 48.0 Å². The molecular weight excluding hydrogens is 268 g/mol. The van der Waals surface area contributed by atoms with Gasteiger partial charge in [-0.3, -0.25) is 4.79 Å². The summed E-state index contributed by atoms with van der Waals surface area (Å²) in [5.41, 5.74) is 6.60. The number of rotatable bonds is 7. The summed E-state index contributed by atoms with van der Waals surface area (Å²) in [4.78, 5) is 14.2. The SMILES string of the molecule is CCC(C)N(C)CCNC(=O)c1ccc(/C(N)=N/O)cc1. The first-order chi connectivity index (χ1) is 9.99. The van der Waals surface area contributed by atoms with E-state index in [0.29, 0.717) is 23.7 Å². The lowest BCUT2D eigenvalue weighted by Crippen LogP contribution is -2.37. The molecule has 1 amide bonds. The highest BCUT2D eigenvalue weighted by Crippen LogP contribution is 2.04. The Labute approximate surface area is 125 Å². The summed E-state index contributed by atoms with van der Waals surface area (Å²) in [5.74, 6) is -0.101. The van der Waals surface area contributed by atoms with E-state index in [2.05, 4.69) is 29.2 Å². The van der Waals surface area contributed by atoms with Crippen molar-refractivity contribution < 1.29 is 10.0 Å². The third-order valence-electron chi connectivity index (χ3n) is 3.64. The van der Waals surface area contributed by atoms with E-state index in [1.807, 2.05) is 7.05 Å². The van der Waals surface area contributed by atoms with Gasteiger partial charge < -0.3 is 21.2 Å². The molecule has 1 aromatic carbocycles. The van der Waals surface area contributed by atoms with Crippen molar-refractivity contribution in [1.82, 2.24) is 10.2 Å². The summed E-state index contributed by atoms with van der Waals surface area (Å²) in [6, 6.07) is 7.11. The fraction of sp³-hybridized carbons (Fsp3) is 0.467. The predicted octanol–water partition coefficient (Wildman–Crippen LogP) is 1.24. The number of hydrogen-bond acceptors (Lipinski definition) is 4. The third-order valence-corrected chi connectivity index (χ3v) is 3.64. The van der Waals surface area contributed by atoms with Crippen LogP contribution in [0, 0.1) is 0 Å². The molecule has 1 rings (SSSR count). The molecule has 1 aromatic rings. The molecule has 0 bridgehead atoms. The van der Waals surface area contributed by atoms with Gasteiger partial charge in [0.1, 0.15) is 0 Å². The van der Waals surface area contributed by atoms with E-state index < -0.39 is 0 Å². The second-order valence-corrected chi connectivity index (χ2v) is 5.06. The number of carbonyl (C=O) groups excluding carboxylic acids is 1. The van der Waals surface area contributed by atoms with Crippen LogP contribution in [-0.2, 0) is 0 Å². The van der Waals surface area contributed by atoms with Gasteiger partial charge in [0.05, 0.1) is 0 Å². The standard InChI is InChI=1S/C15H24N4O2/c1-4-11(2)19(3)10-9-17-15(20)13-7-5-12(6-8-13)14(16)18-21/h5-8,11,21H,4,9-10H2,1-3H3,(H2,16,18)(H,17,20). The van der Waals surface area contributed by atoms with E-state index in [1.165, 1.54) is 0 Å². The van der Waals surface area contributed by atoms with Crippen molar-refractivity contribution in [1.29, 1.82) is 0 Å². The molecule has 1 atom stereocenters. The van der Waals surface area contributed by atoms with Gasteiger partial charge in [-0.15, -0.1) is 0 Å². The van der Waals surface area contributed by atoms with Crippen molar-refractivity contribution in [3.63, 3.8) is 0 Å². The summed E-state index contributed by atoms with van der Waals surface area (Å²) < 4.78 is 0. The smallest absolute Gasteiger partial charge is 0.251 e. The maximum Gasteiger partial charge on any atom is 0.251 e. The maximum absolute atomic E-state index is 12.0. The van der Waals surface area contributed by atoms with Crippen molar-refractivity contribution in [2.24, 2.45) is 10.9 Å². The molecule has 1 unspecified atom stereocenters. The molecule has 0 aliphatic heterocycles. The second kappa shape index (κ2) is 8.26. The largest absolute Gasteiger partial charge is 0.409 e. The fourth-order valence-electron chi connectivity index (χ4n) is 1.83. The quantitative estimate of drug-likeness (QED) is 0.305. The lowest BCUT2D eigenvalue weighted by atomic mass is 10.1. The summed E-state index contributed by atoms with van der Waals surface area (Å²) in [7, 11) is 2.05. The van der Waals surface area contributed by atoms with Crippen molar-refractivity contribution >= 4 is 11.7 Å². The Morgan fingerprint density at radius 1 is 1.38 bits per heavy atom. The Balaban J connectivity index is 2.49. The molecule has 116 valence electrons. The topological polar surface area (TPSA) is 91.0 Å². The van der Waals surface area contributed by atoms with Gasteiger partial charge in [-0.2, -0.15) is 0 Å². The number of amidine groups is 1. The molecule has 0 saturated heterocycles. The molecule has 0 aliphatic carbocycles. The molecule has 0 fully saturated rings. The molecule has 6 heteroatoms. The van der Waals surface area contributed by atoms with Gasteiger partial charge in [0, 0.05) is 30.3 Å². The lowest BCUT2D eigenvalue weighted by molar-refractivity contribution is 0.0947. The van der Waals surface area contributed by atoms with E-state index in [4.69, 9.17) is 10.9 Å². The summed E-state index contributed by atoms with van der Waals surface area (Å²) in [6.07, 6.45) is 1.08. The van der Waals surface area contributed by atoms with Crippen LogP contribution in [0.2, 0.25) is 0 Å². The number of likely N-dealkylation sites (N-methyl/N-ethyl adjacent to an activating group) is 1. The highest BCUT2D eigenvalue weighted by molar-refractivity contribution is 5.99. The zero-order chi connectivity index (χ0) is 15.8. The monoisotopic (exact) mass is 292 g/mol. The van der Waals surface area contributed by atoms with Gasteiger partial charge in [0.15, 0.2) is 5.84 Å². The first kappa shape index (κ1) is 17.0. The van der Waals surface area contributed by atoms with Gasteiger partial charge in [-0.1, -0.05) is 24.2 Å². The van der Waals surface area contributed by atoms with Crippen molar-refractivity contribution in [2.75, 3.05) is 20.1 Å². The van der Waals surface area contributed by atoms with Crippen LogP contribution < -0.4 is 11.1 Å². The summed E-state index contributed by atoms with van der Waals surface area (Å²) in [6.45, 7) is 5.71. The van der Waals surface area contributed by atoms with Gasteiger partial charge in [0.25, 0.3) is 5.91 Å². The highest BCUT2D eigenvalue weighted by atomic mass is 16.4. The maximum atomic E-state index is 12.0. The Morgan fingerprint density at radius 2 is 1.95 bits per heavy atom. The minimum Gasteiger partial charge on any atom is -0.409 e. The molecular formula is C15H24N4O2. The molecule has 21 heavy (non-hydrogen) atoms. The first-order valence-electron chi connectivity index (χ1n) is 7.06. The van der Waals surface area contributed by atoms with Crippen LogP contribution in [0.5, 0.6) is 0 Å². The van der Waals surface area contributed by atoms with E-state index in [1.54, 1.807) is 24.3 Å². The number of benzene rings is 1. The first-order valence-corrected chi connectivity index (χ1v) is 7.06. The number of amides is 1. The lowest BCUT2D eigenvalue weighted by Gasteiger charge is -2.23. The normalized spacial score (nSPS) is 13.2. The molecule has 0 heterocycles. The van der Waals surface area contributed by atoms with E-state index in [0.717, 1.165) is 13.0 Å². The number of hydrogen-bond donors (Lipinski definition) is 3. The molecule has 4 N–H and O–H groups in total. The molecule has 6 nitrogen and oxygen atoms in total. The van der Waals surface area contributed by atoms with Crippen LogP contribution >= 0.6 is 0 Å². The number of nitrogens with one attached hydrogen (secondary N) is 1. The Morgan fingerprint density at radius 3 is 2.48 bits per heavy atom. The second-order valence-electron chi connectivity index (χ2n) is 5.06. The summed E-state index contributed by atoms with van der Waals surface area (Å²) >= 11 is 0. The number of nitrogens with two attached hydrogens (primary N) is 1. The van der Waals surface area contributed by atoms with Crippen LogP contribution in [0.3, 0.4) is 0 Å². The van der Waals surface area contributed by atoms with Crippen molar-refractivity contribution in [3.8, 4) is 0 Å². The minimum absolute atomic E-state index is 0.0251. The Bertz CT molecular complexity index is 485. The predicted molar refractivity (Wildman–Crippen MR) is 83.7 cm³/mol. The molecule has 0 aliphatic rings. The van der Waals surface area contributed by atoms with Crippen LogP contribution in [0.1, 0.15) is 36.2 Å². The van der Waals surface area contributed by atoms with Crippen LogP contribution in [0.15, 0.2) is 29.4 Å². The average molecular weight is 292 g/mol. The average Bonchev–Trinajstić information content (AvgIpc) is 2.53. The molecule has 0 radical (unpaired) electrons. The van der Waals surface area contributed by atoms with Crippen molar-refractivity contribution in [2.45, 2.75) is 26.3 Å². The Kier molecular flexibility index (Phi) is 6.68. The molecule has 0 spiro atoms. The fourth-order valence-corrected chi connectivity index (χ4v) is 1.83. The van der Waals surface area contributed by atoms with Crippen LogP contribution in [0.25, 0.3) is 0 Å². The van der Waals surface area contributed by atoms with Gasteiger partial charge >= 0.3 is 0 Å². The number of oxime groups is 1. The number of nitrogens with zero attached hydrogens (tertiary/aromatic N) is 2. The zero-order valence-electron chi connectivity index (χ0n) is 12.8. The Hall–Kier alpha value is -2.08. The van der Waals surface area contributed by atoms with Crippen LogP contribution in [0.4, 0.5) is 0 Å². The van der Waals surface area contributed by atoms with Gasteiger partial charge in [0.2, 0.25) is 0 Å². The highest BCUT2D eigenvalue weighted by Gasteiger charge is 2.09. The van der Waals surface area contributed by atoms with Gasteiger partial charge in [-0.25, -0.2) is 0 Å². The molecule has 0 aromatic heterocycles. The third kappa shape index (κ3) is 5.07. The zero-order valence-corrected chi connectivity index (χ0v) is 12.8. The van der Waals surface area contributed by atoms with E-state index >= 15 is 0 Å². The van der Waals surface area contributed by atoms with E-state index in [-0.39, 0.29) is 11.7 Å².